The first kappa shape index (κ1) is 17.9. The van der Waals surface area contributed by atoms with Crippen LogP contribution in [0.5, 0.6) is 0 Å². The lowest BCUT2D eigenvalue weighted by Crippen LogP contribution is -2.19. The van der Waals surface area contributed by atoms with Crippen LogP contribution in [0.15, 0.2) is 60.9 Å². The van der Waals surface area contributed by atoms with Crippen molar-refractivity contribution in [3.63, 3.8) is 0 Å². The minimum absolute atomic E-state index is 0.0621. The summed E-state index contributed by atoms with van der Waals surface area (Å²) < 4.78 is 24.9. The molecule has 1 aromatic heterocycles. The minimum atomic E-state index is -3.37. The third kappa shape index (κ3) is 4.37. The number of fused-ring (bicyclic) bond motifs is 1. The van der Waals surface area contributed by atoms with Gasteiger partial charge in [0.05, 0.1) is 5.75 Å². The van der Waals surface area contributed by atoms with E-state index >= 15 is 0 Å². The normalized spacial score (nSPS) is 11.3. The summed E-state index contributed by atoms with van der Waals surface area (Å²) in [6.45, 7) is 0. The van der Waals surface area contributed by atoms with E-state index in [0.717, 1.165) is 16.3 Å². The Morgan fingerprint density at radius 1 is 1.08 bits per heavy atom. The molecule has 0 radical (unpaired) electrons. The Hall–Kier alpha value is -2.93. The first-order valence-corrected chi connectivity index (χ1v) is 9.88. The second kappa shape index (κ2) is 7.53. The second-order valence-electron chi connectivity index (χ2n) is 5.93. The zero-order valence-electron chi connectivity index (χ0n) is 14.3. The molecule has 0 aliphatic heterocycles. The first-order valence-electron chi connectivity index (χ1n) is 8.06. The van der Waals surface area contributed by atoms with Gasteiger partial charge in [-0.2, -0.15) is 0 Å². The summed E-state index contributed by atoms with van der Waals surface area (Å²) in [5.41, 5.74) is 1.78. The predicted octanol–water partition coefficient (Wildman–Crippen LogP) is 2.58. The van der Waals surface area contributed by atoms with E-state index in [9.17, 15) is 13.2 Å². The number of hydrogen-bond acceptors (Lipinski definition) is 5. The zero-order valence-corrected chi connectivity index (χ0v) is 15.1. The van der Waals surface area contributed by atoms with Crippen molar-refractivity contribution in [2.75, 3.05) is 18.2 Å². The monoisotopic (exact) mass is 369 g/mol. The Balaban J connectivity index is 1.69. The number of nitrogens with one attached hydrogen (secondary N) is 2. The van der Waals surface area contributed by atoms with Gasteiger partial charge in [-0.3, -0.25) is 9.78 Å². The molecular weight excluding hydrogens is 350 g/mol. The topological polar surface area (TPSA) is 88.2 Å². The number of carbonyl (C=O) groups is 1. The second-order valence-corrected chi connectivity index (χ2v) is 7.99. The molecule has 6 nitrogen and oxygen atoms in total. The number of benzene rings is 2. The minimum Gasteiger partial charge on any atom is -0.372 e. The van der Waals surface area contributed by atoms with Gasteiger partial charge in [0.2, 0.25) is 0 Å². The Morgan fingerprint density at radius 2 is 1.92 bits per heavy atom. The van der Waals surface area contributed by atoms with Crippen LogP contribution in [0, 0.1) is 0 Å². The van der Waals surface area contributed by atoms with E-state index in [1.165, 1.54) is 0 Å². The van der Waals surface area contributed by atoms with E-state index in [4.69, 9.17) is 0 Å². The van der Waals surface area contributed by atoms with Gasteiger partial charge in [0.25, 0.3) is 5.91 Å². The van der Waals surface area contributed by atoms with Crippen LogP contribution in [0.4, 0.5) is 5.69 Å². The highest BCUT2D eigenvalue weighted by atomic mass is 32.2. The highest BCUT2D eigenvalue weighted by Crippen LogP contribution is 2.17. The summed E-state index contributed by atoms with van der Waals surface area (Å²) in [6.07, 6.45) is 3.43. The maximum Gasteiger partial charge on any atom is 0.251 e. The summed E-state index contributed by atoms with van der Waals surface area (Å²) in [7, 11) is -1.82. The van der Waals surface area contributed by atoms with E-state index in [2.05, 4.69) is 15.6 Å². The van der Waals surface area contributed by atoms with Crippen LogP contribution in [-0.4, -0.2) is 32.2 Å². The summed E-state index contributed by atoms with van der Waals surface area (Å²) in [5.74, 6) is -0.492. The molecule has 0 aliphatic carbocycles. The molecule has 0 bridgehead atoms. The van der Waals surface area contributed by atoms with Crippen molar-refractivity contribution < 1.29 is 13.2 Å². The fourth-order valence-corrected chi connectivity index (χ4v) is 3.81. The van der Waals surface area contributed by atoms with Gasteiger partial charge in [0.1, 0.15) is 5.88 Å². The van der Waals surface area contributed by atoms with Gasteiger partial charge in [0.15, 0.2) is 9.84 Å². The summed E-state index contributed by atoms with van der Waals surface area (Å²) in [4.78, 5) is 15.7. The first-order chi connectivity index (χ1) is 12.5. The maximum atomic E-state index is 12.4. The Bertz CT molecular complexity index is 1050. The molecule has 0 fully saturated rings. The van der Waals surface area contributed by atoms with Gasteiger partial charge in [-0.15, -0.1) is 0 Å². The summed E-state index contributed by atoms with van der Waals surface area (Å²) >= 11 is 0. The molecule has 2 aromatic carbocycles. The highest BCUT2D eigenvalue weighted by molar-refractivity contribution is 7.90. The van der Waals surface area contributed by atoms with Crippen LogP contribution in [0.2, 0.25) is 0 Å². The summed E-state index contributed by atoms with van der Waals surface area (Å²) in [5, 5.41) is 7.35. The molecule has 0 saturated carbocycles. The number of carbonyl (C=O) groups excluding carboxylic acids is 1. The third-order valence-corrected chi connectivity index (χ3v) is 5.30. The number of rotatable bonds is 6. The van der Waals surface area contributed by atoms with Crippen molar-refractivity contribution in [3.05, 3.63) is 72.1 Å². The predicted molar refractivity (Wildman–Crippen MR) is 103 cm³/mol. The van der Waals surface area contributed by atoms with Gasteiger partial charge >= 0.3 is 0 Å². The van der Waals surface area contributed by atoms with Crippen molar-refractivity contribution in [2.45, 2.75) is 5.75 Å². The van der Waals surface area contributed by atoms with Crippen molar-refractivity contribution in [2.24, 2.45) is 0 Å². The zero-order chi connectivity index (χ0) is 18.6. The molecule has 1 amide bonds. The van der Waals surface area contributed by atoms with Gasteiger partial charge < -0.3 is 10.6 Å². The average molecular weight is 369 g/mol. The number of sulfone groups is 1. The lowest BCUT2D eigenvalue weighted by molar-refractivity contribution is 0.0963. The SMILES string of the molecule is CNC(=O)c1cccc(NCS(=O)(=O)Cc2ccc3cnccc3c2)c1. The van der Waals surface area contributed by atoms with E-state index in [0.29, 0.717) is 11.3 Å². The molecule has 3 rings (SSSR count). The van der Waals surface area contributed by atoms with Crippen LogP contribution in [0.25, 0.3) is 10.8 Å². The Labute approximate surface area is 152 Å². The molecule has 1 heterocycles. The quantitative estimate of drug-likeness (QED) is 0.697. The van der Waals surface area contributed by atoms with Crippen molar-refractivity contribution in [1.82, 2.24) is 10.3 Å². The van der Waals surface area contributed by atoms with Crippen LogP contribution >= 0.6 is 0 Å². The fourth-order valence-electron chi connectivity index (χ4n) is 2.64. The number of aromatic nitrogens is 1. The number of hydrogen-bond donors (Lipinski definition) is 2. The van der Waals surface area contributed by atoms with Gasteiger partial charge in [0, 0.05) is 36.1 Å². The molecule has 3 aromatic rings. The number of nitrogens with zero attached hydrogens (tertiary/aromatic N) is 1. The molecule has 2 N–H and O–H groups in total. The Morgan fingerprint density at radius 3 is 2.73 bits per heavy atom. The van der Waals surface area contributed by atoms with Crippen molar-refractivity contribution in [3.8, 4) is 0 Å². The van der Waals surface area contributed by atoms with Crippen LogP contribution in [0.3, 0.4) is 0 Å². The van der Waals surface area contributed by atoms with E-state index in [-0.39, 0.29) is 17.5 Å². The largest absolute Gasteiger partial charge is 0.372 e. The van der Waals surface area contributed by atoms with E-state index in [1.807, 2.05) is 18.2 Å². The smallest absolute Gasteiger partial charge is 0.251 e. The van der Waals surface area contributed by atoms with Gasteiger partial charge in [-0.1, -0.05) is 24.3 Å². The Kier molecular flexibility index (Phi) is 5.18. The standard InChI is InChI=1S/C19H19N3O3S/c1-20-19(23)16-3-2-4-18(10-16)22-13-26(24,25)12-14-5-6-17-11-21-8-7-15(17)9-14/h2-11,22H,12-13H2,1H3,(H,20,23). The fraction of sp³-hybridized carbons (Fsp3) is 0.158. The van der Waals surface area contributed by atoms with Gasteiger partial charge in [-0.05, 0) is 35.2 Å². The van der Waals surface area contributed by atoms with Crippen LogP contribution in [-0.2, 0) is 15.6 Å². The number of pyridine rings is 1. The molecule has 0 atom stereocenters. The molecule has 0 spiro atoms. The summed E-state index contributed by atoms with van der Waals surface area (Å²) in [6, 6.07) is 14.1. The molecule has 0 aliphatic rings. The molecule has 0 saturated heterocycles. The molecule has 0 unspecified atom stereocenters. The van der Waals surface area contributed by atoms with Crippen molar-refractivity contribution >= 4 is 32.2 Å². The molecule has 134 valence electrons. The van der Waals surface area contributed by atoms with E-state index in [1.54, 1.807) is 49.8 Å². The maximum absolute atomic E-state index is 12.4. The number of anilines is 1. The van der Waals surface area contributed by atoms with Crippen LogP contribution < -0.4 is 10.6 Å². The van der Waals surface area contributed by atoms with E-state index < -0.39 is 9.84 Å². The van der Waals surface area contributed by atoms with Gasteiger partial charge in [-0.25, -0.2) is 8.42 Å². The molecule has 7 heteroatoms. The van der Waals surface area contributed by atoms with Crippen LogP contribution in [0.1, 0.15) is 15.9 Å². The lowest BCUT2D eigenvalue weighted by atomic mass is 10.1. The number of amides is 1. The highest BCUT2D eigenvalue weighted by Gasteiger charge is 2.13. The third-order valence-electron chi connectivity index (χ3n) is 3.94. The average Bonchev–Trinajstić information content (AvgIpc) is 2.65. The molecule has 26 heavy (non-hydrogen) atoms. The lowest BCUT2D eigenvalue weighted by Gasteiger charge is -2.10. The van der Waals surface area contributed by atoms with Crippen molar-refractivity contribution in [1.29, 1.82) is 0 Å². The molecular formula is C19H19N3O3S.